The molecule has 1 aromatic heterocycles. The first-order valence-corrected chi connectivity index (χ1v) is 7.68. The molecule has 1 unspecified atom stereocenters. The molecule has 0 bridgehead atoms. The van der Waals surface area contributed by atoms with Crippen LogP contribution in [0.4, 0.5) is 11.5 Å². The Labute approximate surface area is 125 Å². The van der Waals surface area contributed by atoms with Gasteiger partial charge in [0.05, 0.1) is 0 Å². The third-order valence-corrected chi connectivity index (χ3v) is 4.36. The van der Waals surface area contributed by atoms with Gasteiger partial charge in [-0.05, 0) is 31.6 Å². The zero-order valence-corrected chi connectivity index (χ0v) is 13.3. The van der Waals surface area contributed by atoms with Crippen LogP contribution in [0, 0.1) is 11.8 Å². The quantitative estimate of drug-likeness (QED) is 0.859. The van der Waals surface area contributed by atoms with Crippen LogP contribution in [0.5, 0.6) is 0 Å². The van der Waals surface area contributed by atoms with Gasteiger partial charge in [-0.1, -0.05) is 20.3 Å². The number of hydrogen-bond donors (Lipinski definition) is 2. The van der Waals surface area contributed by atoms with E-state index in [1.54, 1.807) is 0 Å². The van der Waals surface area contributed by atoms with E-state index in [9.17, 15) is 9.59 Å². The second-order valence-corrected chi connectivity index (χ2v) is 6.54. The Morgan fingerprint density at radius 3 is 2.38 bits per heavy atom. The highest BCUT2D eigenvalue weighted by molar-refractivity contribution is 5.61. The molecule has 2 rings (SSSR count). The molecule has 0 amide bonds. The van der Waals surface area contributed by atoms with Crippen molar-refractivity contribution in [3.05, 3.63) is 20.8 Å². The first-order chi connectivity index (χ1) is 9.82. The molecule has 0 aliphatic heterocycles. The van der Waals surface area contributed by atoms with Crippen molar-refractivity contribution in [2.75, 3.05) is 11.1 Å². The minimum absolute atomic E-state index is 0.193. The maximum atomic E-state index is 12.3. The van der Waals surface area contributed by atoms with Gasteiger partial charge >= 0.3 is 5.69 Å². The lowest BCUT2D eigenvalue weighted by atomic mass is 9.80. The van der Waals surface area contributed by atoms with Crippen LogP contribution in [0.2, 0.25) is 0 Å². The smallest absolute Gasteiger partial charge is 0.332 e. The zero-order valence-electron chi connectivity index (χ0n) is 13.3. The van der Waals surface area contributed by atoms with Crippen LogP contribution in [0.3, 0.4) is 0 Å². The Bertz CT molecular complexity index is 626. The highest BCUT2D eigenvalue weighted by Crippen LogP contribution is 2.31. The molecule has 1 aliphatic carbocycles. The first kappa shape index (κ1) is 15.7. The lowest BCUT2D eigenvalue weighted by molar-refractivity contribution is 0.285. The van der Waals surface area contributed by atoms with E-state index in [0.717, 1.165) is 4.57 Å². The molecule has 0 saturated heterocycles. The normalized spacial score (nSPS) is 16.8. The number of nitrogens with one attached hydrogen (secondary N) is 1. The molecule has 1 aromatic rings. The summed E-state index contributed by atoms with van der Waals surface area (Å²) in [7, 11) is 1.50. The highest BCUT2D eigenvalue weighted by Gasteiger charge is 2.26. The van der Waals surface area contributed by atoms with E-state index < -0.39 is 0 Å². The van der Waals surface area contributed by atoms with Crippen LogP contribution in [0.25, 0.3) is 0 Å². The molecule has 6 nitrogen and oxygen atoms in total. The summed E-state index contributed by atoms with van der Waals surface area (Å²) in [6.45, 7) is 6.61. The molecule has 0 aromatic carbocycles. The van der Waals surface area contributed by atoms with Gasteiger partial charge in [-0.2, -0.15) is 0 Å². The largest absolute Gasteiger partial charge is 0.383 e. The van der Waals surface area contributed by atoms with Crippen LogP contribution in [-0.4, -0.2) is 15.2 Å². The van der Waals surface area contributed by atoms with Crippen molar-refractivity contribution in [2.24, 2.45) is 18.9 Å². The number of nitrogens with two attached hydrogens (primary N) is 1. The predicted molar refractivity (Wildman–Crippen MR) is 85.6 cm³/mol. The van der Waals surface area contributed by atoms with Gasteiger partial charge in [0.25, 0.3) is 5.56 Å². The van der Waals surface area contributed by atoms with E-state index in [2.05, 4.69) is 12.2 Å². The van der Waals surface area contributed by atoms with Gasteiger partial charge in [0.1, 0.15) is 11.5 Å². The van der Waals surface area contributed by atoms with E-state index in [1.807, 2.05) is 13.8 Å². The maximum Gasteiger partial charge on any atom is 0.332 e. The van der Waals surface area contributed by atoms with E-state index in [-0.39, 0.29) is 29.0 Å². The Morgan fingerprint density at radius 1 is 1.29 bits per heavy atom. The summed E-state index contributed by atoms with van der Waals surface area (Å²) in [6, 6.07) is 0.193. The van der Waals surface area contributed by atoms with Crippen molar-refractivity contribution in [2.45, 2.75) is 52.6 Å². The molecule has 21 heavy (non-hydrogen) atoms. The monoisotopic (exact) mass is 294 g/mol. The number of nitrogen functional groups attached to an aromatic ring is 1. The van der Waals surface area contributed by atoms with Crippen LogP contribution >= 0.6 is 0 Å². The summed E-state index contributed by atoms with van der Waals surface area (Å²) >= 11 is 0. The lowest BCUT2D eigenvalue weighted by Crippen LogP contribution is -2.43. The number of hydrogen-bond acceptors (Lipinski definition) is 4. The van der Waals surface area contributed by atoms with Crippen molar-refractivity contribution in [3.63, 3.8) is 0 Å². The van der Waals surface area contributed by atoms with Gasteiger partial charge in [-0.15, -0.1) is 0 Å². The molecule has 1 atom stereocenters. The summed E-state index contributed by atoms with van der Waals surface area (Å²) < 4.78 is 2.62. The fraction of sp³-hybridized carbons (Fsp3) is 0.733. The van der Waals surface area contributed by atoms with Crippen molar-refractivity contribution in [1.29, 1.82) is 0 Å². The van der Waals surface area contributed by atoms with Crippen molar-refractivity contribution >= 4 is 11.5 Å². The van der Waals surface area contributed by atoms with Crippen LogP contribution in [0.1, 0.15) is 40.0 Å². The fourth-order valence-corrected chi connectivity index (χ4v) is 2.75. The molecule has 1 fully saturated rings. The van der Waals surface area contributed by atoms with E-state index in [4.69, 9.17) is 5.73 Å². The second-order valence-electron chi connectivity index (χ2n) is 6.54. The van der Waals surface area contributed by atoms with Gasteiger partial charge in [0, 0.05) is 19.6 Å². The molecule has 1 aliphatic rings. The number of nitrogens with zero attached hydrogens (tertiary/aromatic N) is 2. The fourth-order valence-electron chi connectivity index (χ4n) is 2.75. The zero-order chi connectivity index (χ0) is 15.7. The molecule has 118 valence electrons. The Balaban J connectivity index is 2.42. The SMILES string of the molecule is CC(C)Cn1c(N)c(NC(C)C2CCC2)c(=O)n(C)c1=O. The van der Waals surface area contributed by atoms with Gasteiger partial charge in [-0.25, -0.2) is 4.79 Å². The summed E-state index contributed by atoms with van der Waals surface area (Å²) in [5, 5.41) is 3.24. The third-order valence-electron chi connectivity index (χ3n) is 4.36. The molecule has 1 heterocycles. The van der Waals surface area contributed by atoms with Gasteiger partial charge in [0.2, 0.25) is 0 Å². The van der Waals surface area contributed by atoms with Crippen LogP contribution < -0.4 is 22.3 Å². The van der Waals surface area contributed by atoms with Crippen molar-refractivity contribution in [3.8, 4) is 0 Å². The standard InChI is InChI=1S/C15H26N4O2/c1-9(2)8-19-13(16)12(14(20)18(4)15(19)21)17-10(3)11-6-5-7-11/h9-11,17H,5-8,16H2,1-4H3. The average Bonchev–Trinajstić information content (AvgIpc) is 2.35. The van der Waals surface area contributed by atoms with Gasteiger partial charge in [-0.3, -0.25) is 13.9 Å². The summed E-state index contributed by atoms with van der Waals surface area (Å²) in [4.78, 5) is 24.5. The summed E-state index contributed by atoms with van der Waals surface area (Å²) in [5.74, 6) is 1.11. The number of aromatic nitrogens is 2. The molecular formula is C15H26N4O2. The van der Waals surface area contributed by atoms with Crippen molar-refractivity contribution in [1.82, 2.24) is 9.13 Å². The average molecular weight is 294 g/mol. The van der Waals surface area contributed by atoms with Gasteiger partial charge in [0.15, 0.2) is 0 Å². The first-order valence-electron chi connectivity index (χ1n) is 7.68. The van der Waals surface area contributed by atoms with E-state index >= 15 is 0 Å². The Kier molecular flexibility index (Phi) is 4.44. The minimum Gasteiger partial charge on any atom is -0.383 e. The molecule has 1 saturated carbocycles. The minimum atomic E-state index is -0.354. The number of anilines is 2. The molecular weight excluding hydrogens is 268 g/mol. The Morgan fingerprint density at radius 2 is 1.90 bits per heavy atom. The molecule has 0 spiro atoms. The van der Waals surface area contributed by atoms with Crippen molar-refractivity contribution < 1.29 is 0 Å². The molecule has 3 N–H and O–H groups in total. The molecule has 0 radical (unpaired) electrons. The van der Waals surface area contributed by atoms with Crippen LogP contribution in [-0.2, 0) is 13.6 Å². The van der Waals surface area contributed by atoms with E-state index in [0.29, 0.717) is 18.2 Å². The second kappa shape index (κ2) is 5.95. The maximum absolute atomic E-state index is 12.3. The molecule has 6 heteroatoms. The summed E-state index contributed by atoms with van der Waals surface area (Å²) in [6.07, 6.45) is 3.61. The van der Waals surface area contributed by atoms with Gasteiger partial charge < -0.3 is 11.1 Å². The van der Waals surface area contributed by atoms with Crippen LogP contribution in [0.15, 0.2) is 9.59 Å². The highest BCUT2D eigenvalue weighted by atomic mass is 16.2. The Hall–Kier alpha value is -1.72. The third kappa shape index (κ3) is 2.99. The topological polar surface area (TPSA) is 82.0 Å². The lowest BCUT2D eigenvalue weighted by Gasteiger charge is -2.32. The van der Waals surface area contributed by atoms with E-state index in [1.165, 1.54) is 30.9 Å². The number of rotatable bonds is 5. The summed E-state index contributed by atoms with van der Waals surface area (Å²) in [5.41, 5.74) is 5.76. The predicted octanol–water partition coefficient (Wildman–Crippen LogP) is 1.39.